The molecular formula is C18H21N3O2S. The van der Waals surface area contributed by atoms with Crippen LogP contribution in [-0.2, 0) is 10.2 Å². The molecule has 1 atom stereocenters. The highest BCUT2D eigenvalue weighted by molar-refractivity contribution is 7.87. The van der Waals surface area contributed by atoms with Crippen molar-refractivity contribution in [2.75, 3.05) is 20.6 Å². The van der Waals surface area contributed by atoms with Gasteiger partial charge in [-0.2, -0.15) is 12.7 Å². The van der Waals surface area contributed by atoms with Gasteiger partial charge in [0.05, 0.1) is 0 Å². The van der Waals surface area contributed by atoms with Gasteiger partial charge in [0.2, 0.25) is 0 Å². The number of H-pyrrole nitrogens is 1. The second-order valence-corrected chi connectivity index (χ2v) is 7.86. The smallest absolute Gasteiger partial charge is 0.278 e. The first-order valence-corrected chi connectivity index (χ1v) is 9.21. The lowest BCUT2D eigenvalue weighted by Crippen LogP contribution is -2.38. The number of benzene rings is 2. The molecule has 0 saturated heterocycles. The van der Waals surface area contributed by atoms with E-state index in [1.54, 1.807) is 0 Å². The molecule has 0 fully saturated rings. The van der Waals surface area contributed by atoms with E-state index in [-0.39, 0.29) is 5.92 Å². The SMILES string of the molecule is CN(C)S(=O)(=O)NC[C@H](c1ccccc1)c1c[nH]c2ccccc12. The van der Waals surface area contributed by atoms with Crippen molar-refractivity contribution in [1.82, 2.24) is 14.0 Å². The van der Waals surface area contributed by atoms with Crippen molar-refractivity contribution in [3.63, 3.8) is 0 Å². The fourth-order valence-corrected chi connectivity index (χ4v) is 3.43. The van der Waals surface area contributed by atoms with E-state index in [1.165, 1.54) is 18.4 Å². The van der Waals surface area contributed by atoms with E-state index in [1.807, 2.05) is 54.7 Å². The Labute approximate surface area is 142 Å². The zero-order valence-electron chi connectivity index (χ0n) is 13.7. The maximum absolute atomic E-state index is 12.1. The molecule has 3 aromatic rings. The molecule has 126 valence electrons. The summed E-state index contributed by atoms with van der Waals surface area (Å²) in [6.07, 6.45) is 1.96. The molecule has 24 heavy (non-hydrogen) atoms. The lowest BCUT2D eigenvalue weighted by Gasteiger charge is -2.20. The highest BCUT2D eigenvalue weighted by Gasteiger charge is 2.21. The van der Waals surface area contributed by atoms with Crippen molar-refractivity contribution < 1.29 is 8.42 Å². The third-order valence-corrected chi connectivity index (χ3v) is 5.64. The van der Waals surface area contributed by atoms with Crippen molar-refractivity contribution in [3.8, 4) is 0 Å². The largest absolute Gasteiger partial charge is 0.361 e. The Hall–Kier alpha value is -2.15. The fraction of sp³-hybridized carbons (Fsp3) is 0.222. The van der Waals surface area contributed by atoms with Crippen LogP contribution in [0.3, 0.4) is 0 Å². The van der Waals surface area contributed by atoms with E-state index in [0.717, 1.165) is 22.0 Å². The van der Waals surface area contributed by atoms with E-state index in [2.05, 4.69) is 15.8 Å². The summed E-state index contributed by atoms with van der Waals surface area (Å²) in [5, 5.41) is 1.11. The second kappa shape index (κ2) is 6.76. The summed E-state index contributed by atoms with van der Waals surface area (Å²) in [5.41, 5.74) is 3.20. The van der Waals surface area contributed by atoms with E-state index >= 15 is 0 Å². The van der Waals surface area contributed by atoms with Crippen molar-refractivity contribution in [2.45, 2.75) is 5.92 Å². The van der Waals surface area contributed by atoms with Gasteiger partial charge in [-0.05, 0) is 17.2 Å². The van der Waals surface area contributed by atoms with Crippen molar-refractivity contribution in [3.05, 3.63) is 71.9 Å². The molecule has 0 unspecified atom stereocenters. The van der Waals surface area contributed by atoms with E-state index < -0.39 is 10.2 Å². The van der Waals surface area contributed by atoms with Crippen molar-refractivity contribution in [1.29, 1.82) is 0 Å². The lowest BCUT2D eigenvalue weighted by atomic mass is 9.91. The van der Waals surface area contributed by atoms with Crippen LogP contribution in [0.15, 0.2) is 60.8 Å². The summed E-state index contributed by atoms with van der Waals surface area (Å²) in [6, 6.07) is 18.0. The fourth-order valence-electron chi connectivity index (χ4n) is 2.79. The van der Waals surface area contributed by atoms with E-state index in [9.17, 15) is 8.42 Å². The van der Waals surface area contributed by atoms with Crippen LogP contribution in [0.2, 0.25) is 0 Å². The molecule has 2 N–H and O–H groups in total. The first kappa shape index (κ1) is 16.7. The van der Waals surface area contributed by atoms with Gasteiger partial charge in [-0.15, -0.1) is 0 Å². The molecule has 5 nitrogen and oxygen atoms in total. The van der Waals surface area contributed by atoms with Crippen LogP contribution in [0.4, 0.5) is 0 Å². The number of para-hydroxylation sites is 1. The molecular weight excluding hydrogens is 322 g/mol. The zero-order chi connectivity index (χ0) is 17.2. The Morgan fingerprint density at radius 1 is 1.04 bits per heavy atom. The number of hydrogen-bond donors (Lipinski definition) is 2. The molecule has 3 rings (SSSR count). The predicted octanol–water partition coefficient (Wildman–Crippen LogP) is 2.70. The van der Waals surface area contributed by atoms with Crippen LogP contribution in [0, 0.1) is 0 Å². The monoisotopic (exact) mass is 343 g/mol. The van der Waals surface area contributed by atoms with Gasteiger partial charge in [-0.3, -0.25) is 0 Å². The Balaban J connectivity index is 2.00. The van der Waals surface area contributed by atoms with Gasteiger partial charge < -0.3 is 4.98 Å². The third kappa shape index (κ3) is 3.36. The van der Waals surface area contributed by atoms with Gasteiger partial charge in [-0.25, -0.2) is 4.72 Å². The van der Waals surface area contributed by atoms with Crippen molar-refractivity contribution >= 4 is 21.1 Å². The first-order valence-electron chi connectivity index (χ1n) is 7.77. The van der Waals surface area contributed by atoms with Gasteiger partial charge in [0.1, 0.15) is 0 Å². The van der Waals surface area contributed by atoms with Crippen LogP contribution in [0.25, 0.3) is 10.9 Å². The minimum absolute atomic E-state index is 0.0722. The summed E-state index contributed by atoms with van der Waals surface area (Å²) in [4.78, 5) is 3.27. The summed E-state index contributed by atoms with van der Waals surface area (Å²) in [6.45, 7) is 0.298. The number of nitrogens with one attached hydrogen (secondary N) is 2. The maximum atomic E-state index is 12.1. The highest BCUT2D eigenvalue weighted by atomic mass is 32.2. The minimum Gasteiger partial charge on any atom is -0.361 e. The van der Waals surface area contributed by atoms with E-state index in [0.29, 0.717) is 6.54 Å². The molecule has 6 heteroatoms. The second-order valence-electron chi connectivity index (χ2n) is 5.89. The average Bonchev–Trinajstić information content (AvgIpc) is 3.00. The number of fused-ring (bicyclic) bond motifs is 1. The molecule has 0 aliphatic rings. The van der Waals surface area contributed by atoms with Crippen LogP contribution < -0.4 is 4.72 Å². The molecule has 1 heterocycles. The number of aromatic amines is 1. The zero-order valence-corrected chi connectivity index (χ0v) is 14.5. The predicted molar refractivity (Wildman–Crippen MR) is 97.2 cm³/mol. The van der Waals surface area contributed by atoms with Gasteiger partial charge in [0, 0.05) is 43.7 Å². The number of nitrogens with zero attached hydrogens (tertiary/aromatic N) is 1. The van der Waals surface area contributed by atoms with Crippen LogP contribution in [-0.4, -0.2) is 38.3 Å². The Morgan fingerprint density at radius 2 is 1.71 bits per heavy atom. The molecule has 0 aliphatic carbocycles. The highest BCUT2D eigenvalue weighted by Crippen LogP contribution is 2.30. The maximum Gasteiger partial charge on any atom is 0.278 e. The first-order chi connectivity index (χ1) is 11.5. The number of aromatic nitrogens is 1. The average molecular weight is 343 g/mol. The number of hydrogen-bond acceptors (Lipinski definition) is 2. The molecule has 0 saturated carbocycles. The van der Waals surface area contributed by atoms with Gasteiger partial charge >= 0.3 is 0 Å². The number of rotatable bonds is 6. The van der Waals surface area contributed by atoms with Crippen LogP contribution in [0.5, 0.6) is 0 Å². The molecule has 0 bridgehead atoms. The molecule has 0 radical (unpaired) electrons. The van der Waals surface area contributed by atoms with Gasteiger partial charge in [0.25, 0.3) is 10.2 Å². The van der Waals surface area contributed by atoms with Crippen molar-refractivity contribution in [2.24, 2.45) is 0 Å². The normalized spacial score (nSPS) is 13.5. The van der Waals surface area contributed by atoms with Gasteiger partial charge in [-0.1, -0.05) is 48.5 Å². The standard InChI is InChI=1S/C18H21N3O2S/c1-21(2)24(22,23)20-13-16(14-8-4-3-5-9-14)17-12-19-18-11-7-6-10-15(17)18/h3-12,16,19-20H,13H2,1-2H3/t16-/m1/s1. The topological polar surface area (TPSA) is 65.2 Å². The molecule has 1 aromatic heterocycles. The third-order valence-electron chi connectivity index (χ3n) is 4.15. The van der Waals surface area contributed by atoms with Crippen LogP contribution >= 0.6 is 0 Å². The lowest BCUT2D eigenvalue weighted by molar-refractivity contribution is 0.503. The summed E-state index contributed by atoms with van der Waals surface area (Å²) in [5.74, 6) is -0.0722. The molecule has 2 aromatic carbocycles. The summed E-state index contributed by atoms with van der Waals surface area (Å²) in [7, 11) is -0.434. The Kier molecular flexibility index (Phi) is 4.71. The quantitative estimate of drug-likeness (QED) is 0.723. The molecule has 0 aliphatic heterocycles. The van der Waals surface area contributed by atoms with E-state index in [4.69, 9.17) is 0 Å². The summed E-state index contributed by atoms with van der Waals surface area (Å²) < 4.78 is 28.1. The molecule has 0 spiro atoms. The Bertz CT molecular complexity index is 918. The van der Waals surface area contributed by atoms with Gasteiger partial charge in [0.15, 0.2) is 0 Å². The van der Waals surface area contributed by atoms with Crippen LogP contribution in [0.1, 0.15) is 17.0 Å². The molecule has 0 amide bonds. The Morgan fingerprint density at radius 3 is 2.42 bits per heavy atom. The summed E-state index contributed by atoms with van der Waals surface area (Å²) >= 11 is 0. The minimum atomic E-state index is -3.47.